The van der Waals surface area contributed by atoms with Crippen LogP contribution in [0.3, 0.4) is 0 Å². The molecule has 0 saturated carbocycles. The molecule has 1 aromatic heterocycles. The molecule has 0 saturated heterocycles. The number of hydrogen-bond donors (Lipinski definition) is 2. The Morgan fingerprint density at radius 3 is 2.89 bits per heavy atom. The number of hydrogen-bond acceptors (Lipinski definition) is 3. The highest BCUT2D eigenvalue weighted by Crippen LogP contribution is 2.12. The summed E-state index contributed by atoms with van der Waals surface area (Å²) in [5.74, 6) is -0.152. The molecule has 1 amide bonds. The van der Waals surface area contributed by atoms with Crippen LogP contribution in [0.5, 0.6) is 0 Å². The molecule has 2 aromatic rings. The van der Waals surface area contributed by atoms with Crippen molar-refractivity contribution in [2.45, 2.75) is 13.5 Å². The summed E-state index contributed by atoms with van der Waals surface area (Å²) in [5, 5.41) is 10.1. The van der Waals surface area contributed by atoms with E-state index in [2.05, 4.69) is 22.7 Å². The molecule has 0 radical (unpaired) electrons. The van der Waals surface area contributed by atoms with Crippen LogP contribution in [-0.4, -0.2) is 22.2 Å². The number of carbonyl (C=O) groups excluding carboxylic acids is 1. The molecule has 0 aliphatic heterocycles. The Labute approximate surface area is 112 Å². The van der Waals surface area contributed by atoms with Crippen molar-refractivity contribution in [3.8, 4) is 0 Å². The highest BCUT2D eigenvalue weighted by molar-refractivity contribution is 6.03. The summed E-state index contributed by atoms with van der Waals surface area (Å²) in [6.45, 7) is 3.78. The smallest absolute Gasteiger partial charge is 0.273 e. The SMILES string of the molecule is CCNCc1cccc(NC(=O)c2ccnn2C)c1. The van der Waals surface area contributed by atoms with Crippen molar-refractivity contribution < 1.29 is 4.79 Å². The maximum Gasteiger partial charge on any atom is 0.273 e. The average Bonchev–Trinajstić information content (AvgIpc) is 2.83. The van der Waals surface area contributed by atoms with Crippen molar-refractivity contribution >= 4 is 11.6 Å². The third-order valence-corrected chi connectivity index (χ3v) is 2.82. The Morgan fingerprint density at radius 1 is 1.37 bits per heavy atom. The Kier molecular flexibility index (Phi) is 4.30. The van der Waals surface area contributed by atoms with E-state index in [4.69, 9.17) is 0 Å². The highest BCUT2D eigenvalue weighted by atomic mass is 16.2. The van der Waals surface area contributed by atoms with Crippen molar-refractivity contribution in [3.05, 3.63) is 47.8 Å². The van der Waals surface area contributed by atoms with Gasteiger partial charge in [-0.2, -0.15) is 5.10 Å². The van der Waals surface area contributed by atoms with Gasteiger partial charge in [-0.25, -0.2) is 0 Å². The van der Waals surface area contributed by atoms with Gasteiger partial charge in [-0.05, 0) is 30.3 Å². The number of benzene rings is 1. The van der Waals surface area contributed by atoms with Gasteiger partial charge >= 0.3 is 0 Å². The van der Waals surface area contributed by atoms with Crippen molar-refractivity contribution in [1.82, 2.24) is 15.1 Å². The first kappa shape index (κ1) is 13.3. The molecule has 0 bridgehead atoms. The van der Waals surface area contributed by atoms with Crippen LogP contribution < -0.4 is 10.6 Å². The van der Waals surface area contributed by atoms with E-state index in [1.807, 2.05) is 24.3 Å². The lowest BCUT2D eigenvalue weighted by atomic mass is 10.2. The lowest BCUT2D eigenvalue weighted by Crippen LogP contribution is -2.16. The highest BCUT2D eigenvalue weighted by Gasteiger charge is 2.09. The first-order chi connectivity index (χ1) is 9.20. The van der Waals surface area contributed by atoms with Crippen molar-refractivity contribution in [1.29, 1.82) is 0 Å². The second-order valence-corrected chi connectivity index (χ2v) is 4.27. The fourth-order valence-corrected chi connectivity index (χ4v) is 1.82. The monoisotopic (exact) mass is 258 g/mol. The summed E-state index contributed by atoms with van der Waals surface area (Å²) in [4.78, 5) is 12.0. The number of nitrogens with zero attached hydrogens (tertiary/aromatic N) is 2. The number of rotatable bonds is 5. The zero-order chi connectivity index (χ0) is 13.7. The summed E-state index contributed by atoms with van der Waals surface area (Å²) in [6.07, 6.45) is 1.61. The third-order valence-electron chi connectivity index (χ3n) is 2.82. The van der Waals surface area contributed by atoms with Crippen LogP contribution in [0.4, 0.5) is 5.69 Å². The van der Waals surface area contributed by atoms with Gasteiger partial charge in [0, 0.05) is 25.5 Å². The van der Waals surface area contributed by atoms with E-state index >= 15 is 0 Å². The molecule has 0 unspecified atom stereocenters. The molecule has 2 N–H and O–H groups in total. The fourth-order valence-electron chi connectivity index (χ4n) is 1.82. The molecule has 0 fully saturated rings. The van der Waals surface area contributed by atoms with Crippen LogP contribution in [0.15, 0.2) is 36.5 Å². The second-order valence-electron chi connectivity index (χ2n) is 4.27. The van der Waals surface area contributed by atoms with Gasteiger partial charge in [-0.15, -0.1) is 0 Å². The van der Waals surface area contributed by atoms with E-state index < -0.39 is 0 Å². The minimum Gasteiger partial charge on any atom is -0.321 e. The number of nitrogens with one attached hydrogen (secondary N) is 2. The van der Waals surface area contributed by atoms with E-state index in [9.17, 15) is 4.79 Å². The Balaban J connectivity index is 2.07. The van der Waals surface area contributed by atoms with Gasteiger partial charge in [0.15, 0.2) is 0 Å². The summed E-state index contributed by atoms with van der Waals surface area (Å²) in [6, 6.07) is 9.51. The zero-order valence-corrected chi connectivity index (χ0v) is 11.2. The average molecular weight is 258 g/mol. The van der Waals surface area contributed by atoms with Crippen molar-refractivity contribution in [2.75, 3.05) is 11.9 Å². The zero-order valence-electron chi connectivity index (χ0n) is 11.2. The van der Waals surface area contributed by atoms with E-state index in [1.165, 1.54) is 0 Å². The van der Waals surface area contributed by atoms with Crippen LogP contribution in [0.25, 0.3) is 0 Å². The molecule has 0 atom stereocenters. The van der Waals surface area contributed by atoms with Crippen LogP contribution in [0.1, 0.15) is 23.0 Å². The van der Waals surface area contributed by atoms with Gasteiger partial charge in [0.2, 0.25) is 0 Å². The lowest BCUT2D eigenvalue weighted by Gasteiger charge is -2.08. The number of aromatic nitrogens is 2. The molecule has 0 aliphatic rings. The molecule has 1 heterocycles. The summed E-state index contributed by atoms with van der Waals surface area (Å²) >= 11 is 0. The summed E-state index contributed by atoms with van der Waals surface area (Å²) in [7, 11) is 1.75. The number of aryl methyl sites for hydroxylation is 1. The largest absolute Gasteiger partial charge is 0.321 e. The molecule has 100 valence electrons. The van der Waals surface area contributed by atoms with Gasteiger partial charge < -0.3 is 10.6 Å². The Morgan fingerprint density at radius 2 is 2.21 bits per heavy atom. The van der Waals surface area contributed by atoms with Gasteiger partial charge in [-0.1, -0.05) is 19.1 Å². The van der Waals surface area contributed by atoms with Gasteiger partial charge in [0.25, 0.3) is 5.91 Å². The third kappa shape index (κ3) is 3.42. The van der Waals surface area contributed by atoms with Gasteiger partial charge in [0.05, 0.1) is 0 Å². The fraction of sp³-hybridized carbons (Fsp3) is 0.286. The van der Waals surface area contributed by atoms with Gasteiger partial charge in [0.1, 0.15) is 5.69 Å². The maximum atomic E-state index is 12.0. The minimum atomic E-state index is -0.152. The van der Waals surface area contributed by atoms with Crippen LogP contribution in [0.2, 0.25) is 0 Å². The predicted molar refractivity (Wildman–Crippen MR) is 75.0 cm³/mol. The second kappa shape index (κ2) is 6.15. The van der Waals surface area contributed by atoms with Crippen molar-refractivity contribution in [2.24, 2.45) is 7.05 Å². The number of anilines is 1. The molecule has 0 spiro atoms. The standard InChI is InChI=1S/C14H18N4O/c1-3-15-10-11-5-4-6-12(9-11)17-14(19)13-7-8-16-18(13)2/h4-9,15H,3,10H2,1-2H3,(H,17,19). The quantitative estimate of drug-likeness (QED) is 0.859. The summed E-state index contributed by atoms with van der Waals surface area (Å²) in [5.41, 5.74) is 2.48. The predicted octanol–water partition coefficient (Wildman–Crippen LogP) is 1.78. The van der Waals surface area contributed by atoms with Crippen molar-refractivity contribution in [3.63, 3.8) is 0 Å². The first-order valence-electron chi connectivity index (χ1n) is 6.29. The van der Waals surface area contributed by atoms with Crippen LogP contribution >= 0.6 is 0 Å². The minimum absolute atomic E-state index is 0.152. The first-order valence-corrected chi connectivity index (χ1v) is 6.29. The topological polar surface area (TPSA) is 58.9 Å². The molecular formula is C14H18N4O. The summed E-state index contributed by atoms with van der Waals surface area (Å²) < 4.78 is 1.55. The van der Waals surface area contributed by atoms with E-state index in [0.717, 1.165) is 24.3 Å². The van der Waals surface area contributed by atoms with Gasteiger partial charge in [-0.3, -0.25) is 9.48 Å². The maximum absolute atomic E-state index is 12.0. The molecule has 2 rings (SSSR count). The molecule has 19 heavy (non-hydrogen) atoms. The Bertz CT molecular complexity index is 562. The Hall–Kier alpha value is -2.14. The number of amides is 1. The van der Waals surface area contributed by atoms with E-state index in [1.54, 1.807) is 24.0 Å². The van der Waals surface area contributed by atoms with E-state index in [-0.39, 0.29) is 5.91 Å². The lowest BCUT2D eigenvalue weighted by molar-refractivity contribution is 0.101. The number of carbonyl (C=O) groups is 1. The molecular weight excluding hydrogens is 240 g/mol. The van der Waals surface area contributed by atoms with Crippen LogP contribution in [0, 0.1) is 0 Å². The van der Waals surface area contributed by atoms with E-state index in [0.29, 0.717) is 5.69 Å². The molecule has 1 aromatic carbocycles. The van der Waals surface area contributed by atoms with Crippen LogP contribution in [-0.2, 0) is 13.6 Å². The normalized spacial score (nSPS) is 10.4. The molecule has 5 heteroatoms. The molecule has 5 nitrogen and oxygen atoms in total. The molecule has 0 aliphatic carbocycles.